The molecule has 1 aliphatic heterocycles. The van der Waals surface area contributed by atoms with Crippen LogP contribution < -0.4 is 20.1 Å². The van der Waals surface area contributed by atoms with Crippen LogP contribution in [-0.2, 0) is 4.79 Å². The van der Waals surface area contributed by atoms with Crippen LogP contribution in [0.5, 0.6) is 17.2 Å². The molecule has 13 heteroatoms. The summed E-state index contributed by atoms with van der Waals surface area (Å²) in [5, 5.41) is 10.6. The number of pyridine rings is 1. The fourth-order valence-corrected chi connectivity index (χ4v) is 5.33. The number of nitrogens with one attached hydrogen (secondary N) is 2. The standard InChI is InChI=1S/C30H28ClFN8O3/c1-17-11-23(25(42-3)14-24(17)43-19-8-10-40-26(13-19)34-16-36-40)37-29-27-21(33-15-35-29)6-7-22(28(27)31)38-30(41)20(32)12-18-5-4-9-39(18)2/h6-8,10-16,18H,4-5,9H2,1-3H3,(H,38,41)(H,33,35,37). The molecule has 43 heavy (non-hydrogen) atoms. The minimum Gasteiger partial charge on any atom is -0.494 e. The van der Waals surface area contributed by atoms with Gasteiger partial charge >= 0.3 is 0 Å². The molecule has 2 aromatic carbocycles. The zero-order valence-corrected chi connectivity index (χ0v) is 24.4. The van der Waals surface area contributed by atoms with Crippen LogP contribution in [0.25, 0.3) is 16.6 Å². The summed E-state index contributed by atoms with van der Waals surface area (Å²) >= 11 is 6.76. The molecule has 3 aromatic heterocycles. The number of carbonyl (C=O) groups is 1. The van der Waals surface area contributed by atoms with Gasteiger partial charge in [-0.25, -0.2) is 23.9 Å². The monoisotopic (exact) mass is 602 g/mol. The van der Waals surface area contributed by atoms with E-state index in [4.69, 9.17) is 21.1 Å². The molecule has 0 bridgehead atoms. The van der Waals surface area contributed by atoms with Crippen LogP contribution in [-0.4, -0.2) is 62.1 Å². The molecular weight excluding hydrogens is 575 g/mol. The normalized spacial score (nSPS) is 15.7. The molecule has 1 amide bonds. The van der Waals surface area contributed by atoms with Crippen LogP contribution in [0.3, 0.4) is 0 Å². The highest BCUT2D eigenvalue weighted by molar-refractivity contribution is 6.39. The molecule has 1 fully saturated rings. The van der Waals surface area contributed by atoms with E-state index in [0.29, 0.717) is 45.3 Å². The average Bonchev–Trinajstić information content (AvgIpc) is 3.64. The molecule has 2 N–H and O–H groups in total. The summed E-state index contributed by atoms with van der Waals surface area (Å²) in [6, 6.07) is 10.3. The Morgan fingerprint density at radius 3 is 2.77 bits per heavy atom. The van der Waals surface area contributed by atoms with Gasteiger partial charge in [-0.1, -0.05) is 11.6 Å². The van der Waals surface area contributed by atoms with Crippen molar-refractivity contribution < 1.29 is 18.7 Å². The number of benzene rings is 2. The zero-order chi connectivity index (χ0) is 30.1. The van der Waals surface area contributed by atoms with Gasteiger partial charge in [-0.2, -0.15) is 5.10 Å². The molecular formula is C30H28ClFN8O3. The second-order valence-electron chi connectivity index (χ2n) is 10.2. The Morgan fingerprint density at radius 1 is 1.12 bits per heavy atom. The lowest BCUT2D eigenvalue weighted by molar-refractivity contribution is -0.114. The third-order valence-corrected chi connectivity index (χ3v) is 7.74. The molecule has 1 atom stereocenters. The number of carbonyl (C=O) groups excluding carboxylic acids is 1. The average molecular weight is 603 g/mol. The van der Waals surface area contributed by atoms with Gasteiger partial charge < -0.3 is 20.1 Å². The van der Waals surface area contributed by atoms with E-state index in [-0.39, 0.29) is 16.8 Å². The van der Waals surface area contributed by atoms with Crippen molar-refractivity contribution in [3.63, 3.8) is 0 Å². The molecule has 0 radical (unpaired) electrons. The van der Waals surface area contributed by atoms with Crippen LogP contribution in [0.1, 0.15) is 18.4 Å². The smallest absolute Gasteiger partial charge is 0.284 e. The third-order valence-electron chi connectivity index (χ3n) is 7.35. The second kappa shape index (κ2) is 11.8. The number of likely N-dealkylation sites (N-methyl/N-ethyl adjacent to an activating group) is 1. The number of rotatable bonds is 8. The SMILES string of the molecule is COc1cc(Oc2ccn3ncnc3c2)c(C)cc1Nc1ncnc2ccc(NC(=O)C(F)=CC3CCCN3C)c(Cl)c12. The molecule has 0 aliphatic carbocycles. The lowest BCUT2D eigenvalue weighted by Crippen LogP contribution is -2.24. The number of nitrogens with zero attached hydrogens (tertiary/aromatic N) is 6. The van der Waals surface area contributed by atoms with Crippen LogP contribution >= 0.6 is 11.6 Å². The van der Waals surface area contributed by atoms with Gasteiger partial charge in [-0.15, -0.1) is 0 Å². The Balaban J connectivity index is 1.27. The number of ether oxygens (including phenoxy) is 2. The lowest BCUT2D eigenvalue weighted by atomic mass is 10.1. The van der Waals surface area contributed by atoms with E-state index < -0.39 is 11.7 Å². The summed E-state index contributed by atoms with van der Waals surface area (Å²) in [5.41, 5.74) is 2.83. The predicted octanol–water partition coefficient (Wildman–Crippen LogP) is 6.06. The van der Waals surface area contributed by atoms with Crippen molar-refractivity contribution in [2.45, 2.75) is 25.8 Å². The van der Waals surface area contributed by atoms with E-state index >= 15 is 0 Å². The van der Waals surface area contributed by atoms with Crippen LogP contribution in [0.2, 0.25) is 5.02 Å². The number of aromatic nitrogens is 5. The number of hydrogen-bond donors (Lipinski definition) is 2. The molecule has 5 aromatic rings. The van der Waals surface area contributed by atoms with E-state index in [0.717, 1.165) is 24.9 Å². The van der Waals surface area contributed by atoms with Crippen molar-refractivity contribution in [1.29, 1.82) is 0 Å². The number of likely N-dealkylation sites (tertiary alicyclic amines) is 1. The topological polar surface area (TPSA) is 119 Å². The number of anilines is 3. The fraction of sp³-hybridized carbons (Fsp3) is 0.233. The van der Waals surface area contributed by atoms with Gasteiger partial charge in [0.1, 0.15) is 35.7 Å². The van der Waals surface area contributed by atoms with Crippen molar-refractivity contribution in [2.75, 3.05) is 31.3 Å². The molecule has 0 spiro atoms. The number of methoxy groups -OCH3 is 1. The first-order valence-corrected chi connectivity index (χ1v) is 13.9. The van der Waals surface area contributed by atoms with Crippen molar-refractivity contribution in [2.24, 2.45) is 0 Å². The molecule has 1 aliphatic rings. The van der Waals surface area contributed by atoms with Gasteiger partial charge in [0.2, 0.25) is 0 Å². The van der Waals surface area contributed by atoms with Crippen LogP contribution in [0, 0.1) is 6.92 Å². The van der Waals surface area contributed by atoms with Gasteiger partial charge in [-0.3, -0.25) is 9.69 Å². The number of fused-ring (bicyclic) bond motifs is 2. The molecule has 1 unspecified atom stereocenters. The molecule has 0 saturated carbocycles. The Morgan fingerprint density at radius 2 is 1.98 bits per heavy atom. The minimum atomic E-state index is -0.871. The van der Waals surface area contributed by atoms with E-state index in [1.807, 2.05) is 24.9 Å². The first-order chi connectivity index (χ1) is 20.8. The van der Waals surface area contributed by atoms with Gasteiger partial charge in [0.05, 0.1) is 34.4 Å². The summed E-state index contributed by atoms with van der Waals surface area (Å²) in [7, 11) is 3.46. The Bertz CT molecular complexity index is 1880. The van der Waals surface area contributed by atoms with E-state index in [1.54, 1.807) is 48.2 Å². The highest BCUT2D eigenvalue weighted by Gasteiger charge is 2.22. The first-order valence-electron chi connectivity index (χ1n) is 13.6. The van der Waals surface area contributed by atoms with Crippen molar-refractivity contribution >= 4 is 51.3 Å². The highest BCUT2D eigenvalue weighted by atomic mass is 35.5. The maximum Gasteiger partial charge on any atom is 0.284 e. The zero-order valence-electron chi connectivity index (χ0n) is 23.6. The molecule has 220 valence electrons. The molecule has 4 heterocycles. The third kappa shape index (κ3) is 5.79. The largest absolute Gasteiger partial charge is 0.494 e. The van der Waals surface area contributed by atoms with E-state index in [2.05, 4.69) is 30.7 Å². The summed E-state index contributed by atoms with van der Waals surface area (Å²) in [4.78, 5) is 27.6. The predicted molar refractivity (Wildman–Crippen MR) is 162 cm³/mol. The summed E-state index contributed by atoms with van der Waals surface area (Å²) < 4.78 is 28.2. The van der Waals surface area contributed by atoms with E-state index in [9.17, 15) is 9.18 Å². The maximum absolute atomic E-state index is 14.8. The highest BCUT2D eigenvalue weighted by Crippen LogP contribution is 2.40. The summed E-state index contributed by atoms with van der Waals surface area (Å²) in [6.07, 6.45) is 7.74. The van der Waals surface area contributed by atoms with Crippen LogP contribution in [0.15, 0.2) is 67.2 Å². The molecule has 6 rings (SSSR count). The van der Waals surface area contributed by atoms with Gasteiger partial charge in [0.25, 0.3) is 5.91 Å². The number of amides is 1. The fourth-order valence-electron chi connectivity index (χ4n) is 5.04. The summed E-state index contributed by atoms with van der Waals surface area (Å²) in [6.45, 7) is 2.77. The number of aryl methyl sites for hydroxylation is 1. The summed E-state index contributed by atoms with van der Waals surface area (Å²) in [5.74, 6) is 0.307. The first kappa shape index (κ1) is 28.3. The Labute approximate surface area is 251 Å². The molecule has 1 saturated heterocycles. The maximum atomic E-state index is 14.8. The van der Waals surface area contributed by atoms with Crippen molar-refractivity contribution in [3.8, 4) is 17.2 Å². The number of hydrogen-bond acceptors (Lipinski definition) is 9. The lowest BCUT2D eigenvalue weighted by Gasteiger charge is -2.17. The Hall–Kier alpha value is -4.81. The van der Waals surface area contributed by atoms with Crippen LogP contribution in [0.4, 0.5) is 21.6 Å². The van der Waals surface area contributed by atoms with Gasteiger partial charge in [0.15, 0.2) is 11.5 Å². The second-order valence-corrected chi connectivity index (χ2v) is 10.6. The quantitative estimate of drug-likeness (QED) is 0.204. The Kier molecular flexibility index (Phi) is 7.78. The van der Waals surface area contributed by atoms with Gasteiger partial charge in [-0.05, 0) is 69.3 Å². The molecule has 11 nitrogen and oxygen atoms in total. The van der Waals surface area contributed by atoms with Gasteiger partial charge in [0, 0.05) is 24.4 Å². The van der Waals surface area contributed by atoms with Crippen molar-refractivity contribution in [1.82, 2.24) is 29.5 Å². The van der Waals surface area contributed by atoms with Crippen molar-refractivity contribution in [3.05, 3.63) is 77.7 Å². The minimum absolute atomic E-state index is 0.116. The van der Waals surface area contributed by atoms with E-state index in [1.165, 1.54) is 18.7 Å². The number of halogens is 2.